The molecule has 1 aromatic rings. The molecule has 1 aliphatic carbocycles. The molecule has 2 bridgehead atoms. The van der Waals surface area contributed by atoms with Crippen molar-refractivity contribution in [3.8, 4) is 6.07 Å². The number of fused-ring (bicyclic) bond motifs is 2. The topological polar surface area (TPSA) is 137 Å². The van der Waals surface area contributed by atoms with E-state index < -0.39 is 15.8 Å². The summed E-state index contributed by atoms with van der Waals surface area (Å²) in [6, 6.07) is 12.6. The Balaban J connectivity index is 0.000000500. The molecule has 0 saturated carbocycles. The number of hydrogen-bond acceptors (Lipinski definition) is 8. The molecular weight excluding hydrogens is 388 g/mol. The predicted molar refractivity (Wildman–Crippen MR) is 93.9 cm³/mol. The van der Waals surface area contributed by atoms with Crippen molar-refractivity contribution in [1.82, 2.24) is 4.90 Å². The zero-order valence-corrected chi connectivity index (χ0v) is 16.5. The second kappa shape index (κ2) is 9.01. The van der Waals surface area contributed by atoms with Crippen molar-refractivity contribution in [1.29, 1.82) is 5.26 Å². The monoisotopic (exact) mass is 412 g/mol. The van der Waals surface area contributed by atoms with Gasteiger partial charge >= 0.3 is 34.8 Å². The van der Waals surface area contributed by atoms with E-state index in [4.69, 9.17) is 23.4 Å². The van der Waals surface area contributed by atoms with E-state index in [9.17, 15) is 10.1 Å². The van der Waals surface area contributed by atoms with Gasteiger partial charge in [-0.2, -0.15) is 5.26 Å². The Labute approximate surface area is 166 Å². The quantitative estimate of drug-likeness (QED) is 0.596. The maximum absolute atomic E-state index is 11.5. The third-order valence-electron chi connectivity index (χ3n) is 5.14. The standard InChI is InChI=1S/C19H22N2O2.ClH3O4/c1-14(23-15(2)22)19-9-8-17(10-18(19)11-20)13-21(19)12-16-6-4-3-5-7-16;2-1(3,4)5/h3-7,10,14,17H,8-9,12-13H2,1-2H3;2-4H. The number of benzene rings is 1. The van der Waals surface area contributed by atoms with Crippen LogP contribution in [-0.4, -0.2) is 43.0 Å². The Kier molecular flexibility index (Phi) is 7.17. The number of hydrogen-bond donors (Lipinski definition) is 3. The van der Waals surface area contributed by atoms with Crippen LogP contribution in [0.3, 0.4) is 0 Å². The fourth-order valence-electron chi connectivity index (χ4n) is 4.09. The van der Waals surface area contributed by atoms with Crippen LogP contribution in [-0.2, 0) is 16.1 Å². The molecule has 3 unspecified atom stereocenters. The van der Waals surface area contributed by atoms with Gasteiger partial charge in [0, 0.05) is 25.6 Å². The molecule has 1 fully saturated rings. The van der Waals surface area contributed by atoms with Gasteiger partial charge in [-0.05, 0) is 31.2 Å². The number of carbonyl (C=O) groups is 1. The van der Waals surface area contributed by atoms with Crippen LogP contribution < -0.4 is 4.66 Å². The van der Waals surface area contributed by atoms with Crippen LogP contribution in [0.5, 0.6) is 0 Å². The van der Waals surface area contributed by atoms with Crippen molar-refractivity contribution in [2.75, 3.05) is 6.54 Å². The average molecular weight is 413 g/mol. The van der Waals surface area contributed by atoms with Crippen LogP contribution in [0.4, 0.5) is 0 Å². The molecule has 4 rings (SSSR count). The van der Waals surface area contributed by atoms with E-state index in [-0.39, 0.29) is 12.1 Å². The van der Waals surface area contributed by atoms with Gasteiger partial charge in [-0.25, -0.2) is 0 Å². The molecule has 3 atom stereocenters. The van der Waals surface area contributed by atoms with Crippen molar-refractivity contribution in [3.63, 3.8) is 0 Å². The molecule has 8 nitrogen and oxygen atoms in total. The van der Waals surface area contributed by atoms with Gasteiger partial charge in [-0.15, -0.1) is 0 Å². The molecule has 1 aromatic carbocycles. The number of esters is 1. The van der Waals surface area contributed by atoms with Gasteiger partial charge in [0.2, 0.25) is 0 Å². The zero-order valence-electron chi connectivity index (χ0n) is 15.8. The first kappa shape index (κ1) is 22.3. The van der Waals surface area contributed by atoms with E-state index in [1.54, 1.807) is 0 Å². The molecule has 0 aromatic heterocycles. The van der Waals surface area contributed by atoms with Crippen molar-refractivity contribution in [3.05, 3.63) is 47.5 Å². The number of nitriles is 1. The summed E-state index contributed by atoms with van der Waals surface area (Å²) in [7, 11) is -4.19. The molecule has 1 saturated heterocycles. The molecule has 0 amide bonds. The van der Waals surface area contributed by atoms with Gasteiger partial charge in [0.1, 0.15) is 6.10 Å². The predicted octanol–water partition coefficient (Wildman–Crippen LogP) is 0.193. The summed E-state index contributed by atoms with van der Waals surface area (Å²) in [5, 5.41) is 9.66. The fraction of sp³-hybridized carbons (Fsp3) is 0.474. The third-order valence-corrected chi connectivity index (χ3v) is 5.14. The summed E-state index contributed by atoms with van der Waals surface area (Å²) in [6.07, 6.45) is 3.65. The summed E-state index contributed by atoms with van der Waals surface area (Å²) in [5.74, 6) is 0.122. The first-order valence-electron chi connectivity index (χ1n) is 8.81. The van der Waals surface area contributed by atoms with Crippen molar-refractivity contribution >= 4 is 5.97 Å². The second-order valence-electron chi connectivity index (χ2n) is 6.97. The van der Waals surface area contributed by atoms with Gasteiger partial charge in [-0.1, -0.05) is 36.4 Å². The van der Waals surface area contributed by atoms with E-state index in [0.29, 0.717) is 5.92 Å². The zero-order chi connectivity index (χ0) is 20.9. The number of rotatable bonds is 4. The minimum atomic E-state index is -4.19. The van der Waals surface area contributed by atoms with Crippen LogP contribution in [0.15, 0.2) is 42.0 Å². The van der Waals surface area contributed by atoms with Gasteiger partial charge in [0.05, 0.1) is 11.6 Å². The normalized spacial score (nSPS) is 25.6. The molecule has 2 heterocycles. The van der Waals surface area contributed by atoms with Gasteiger partial charge in [0.15, 0.2) is 0 Å². The van der Waals surface area contributed by atoms with Crippen LogP contribution in [0.2, 0.25) is 0 Å². The molecule has 3 N–H and O–H groups in total. The maximum atomic E-state index is 11.5. The number of ether oxygens (including phenoxy) is 1. The van der Waals surface area contributed by atoms with E-state index in [1.807, 2.05) is 25.1 Å². The van der Waals surface area contributed by atoms with Gasteiger partial charge in [0.25, 0.3) is 0 Å². The van der Waals surface area contributed by atoms with E-state index in [1.165, 1.54) is 12.5 Å². The Morgan fingerprint density at radius 2 is 2.04 bits per heavy atom. The van der Waals surface area contributed by atoms with Crippen molar-refractivity contribution in [2.45, 2.75) is 44.9 Å². The molecule has 154 valence electrons. The Morgan fingerprint density at radius 1 is 1.43 bits per heavy atom. The summed E-state index contributed by atoms with van der Waals surface area (Å²) in [6.45, 7) is 5.02. The van der Waals surface area contributed by atoms with Crippen molar-refractivity contribution < 1.29 is 38.4 Å². The Bertz CT molecular complexity index is 752. The first-order valence-corrected chi connectivity index (χ1v) is 10.1. The molecular formula is C19H25ClN2O6. The first-order chi connectivity index (χ1) is 13.1. The molecule has 3 aliphatic rings. The molecule has 9 heteroatoms. The van der Waals surface area contributed by atoms with E-state index >= 15 is 0 Å². The van der Waals surface area contributed by atoms with E-state index in [0.717, 1.165) is 31.5 Å². The number of carbonyl (C=O) groups excluding carboxylic acids is 1. The fourth-order valence-corrected chi connectivity index (χ4v) is 4.09. The van der Waals surface area contributed by atoms with Crippen LogP contribution in [0.1, 0.15) is 32.3 Å². The average Bonchev–Trinajstić information content (AvgIpc) is 2.61. The summed E-state index contributed by atoms with van der Waals surface area (Å²) in [4.78, 5) is 13.8. The third kappa shape index (κ3) is 5.52. The molecule has 2 aliphatic heterocycles. The van der Waals surface area contributed by atoms with Gasteiger partial charge < -0.3 is 4.74 Å². The SMILES string of the molecule is CC(=O)OC(C)C12CCC(C=C1C#N)CN2Cc1ccccc1.[O-][Cl+](O)(O)O. The number of piperidine rings is 1. The summed E-state index contributed by atoms with van der Waals surface area (Å²) < 4.78 is 35.8. The van der Waals surface area contributed by atoms with Gasteiger partial charge in [-0.3, -0.25) is 9.69 Å². The number of nitrogens with zero attached hydrogens (tertiary/aromatic N) is 2. The molecule has 28 heavy (non-hydrogen) atoms. The van der Waals surface area contributed by atoms with Crippen molar-refractivity contribution in [2.24, 2.45) is 5.92 Å². The summed E-state index contributed by atoms with van der Waals surface area (Å²) in [5.41, 5.74) is 1.47. The molecule has 0 spiro atoms. The Hall–Kier alpha value is -1.99. The number of halogens is 1. The Morgan fingerprint density at radius 3 is 2.57 bits per heavy atom. The second-order valence-corrected chi connectivity index (χ2v) is 7.83. The molecule has 0 radical (unpaired) electrons. The van der Waals surface area contributed by atoms with Crippen LogP contribution in [0, 0.1) is 27.5 Å². The minimum absolute atomic E-state index is 0.295. The summed E-state index contributed by atoms with van der Waals surface area (Å²) >= 11 is 0. The van der Waals surface area contributed by atoms with Crippen LogP contribution in [0.25, 0.3) is 0 Å². The van der Waals surface area contributed by atoms with E-state index in [2.05, 4.69) is 29.2 Å². The van der Waals surface area contributed by atoms with Crippen LogP contribution >= 0.6 is 0 Å².